The fourth-order valence-corrected chi connectivity index (χ4v) is 3.29. The Labute approximate surface area is 139 Å². The van der Waals surface area contributed by atoms with Crippen LogP contribution in [0.1, 0.15) is 25.5 Å². The van der Waals surface area contributed by atoms with Gasteiger partial charge in [-0.1, -0.05) is 31.5 Å². The lowest BCUT2D eigenvalue weighted by Gasteiger charge is -2.06. The number of H-pyrrole nitrogens is 1. The monoisotopic (exact) mass is 323 g/mol. The van der Waals surface area contributed by atoms with Crippen LogP contribution >= 0.6 is 11.6 Å². The van der Waals surface area contributed by atoms with E-state index in [-0.39, 0.29) is 0 Å². The van der Waals surface area contributed by atoms with E-state index in [1.165, 1.54) is 5.69 Å². The number of aromatic nitrogens is 3. The summed E-state index contributed by atoms with van der Waals surface area (Å²) in [5.74, 6) is 0.467. The Morgan fingerprint density at radius 2 is 1.96 bits per heavy atom. The van der Waals surface area contributed by atoms with Crippen molar-refractivity contribution in [3.05, 3.63) is 53.4 Å². The number of benzene rings is 2. The molecule has 0 bridgehead atoms. The van der Waals surface area contributed by atoms with Crippen molar-refractivity contribution in [2.24, 2.45) is 7.05 Å². The summed E-state index contributed by atoms with van der Waals surface area (Å²) in [6, 6.07) is 12.6. The van der Waals surface area contributed by atoms with Crippen LogP contribution in [0.25, 0.3) is 33.1 Å². The number of fused-ring (bicyclic) bond motifs is 2. The van der Waals surface area contributed by atoms with E-state index in [0.29, 0.717) is 5.92 Å². The summed E-state index contributed by atoms with van der Waals surface area (Å²) in [5, 5.41) is 1.92. The molecule has 0 aliphatic carbocycles. The zero-order valence-electron chi connectivity index (χ0n) is 13.4. The molecule has 23 heavy (non-hydrogen) atoms. The van der Waals surface area contributed by atoms with Gasteiger partial charge in [-0.25, -0.2) is 4.98 Å². The second-order valence-corrected chi connectivity index (χ2v) is 6.76. The highest BCUT2D eigenvalue weighted by Gasteiger charge is 2.11. The normalized spacial score (nSPS) is 11.9. The molecule has 2 heterocycles. The smallest absolute Gasteiger partial charge is 0.0955 e. The first-order chi connectivity index (χ1) is 11.0. The van der Waals surface area contributed by atoms with E-state index in [1.807, 2.05) is 24.0 Å². The molecule has 116 valence electrons. The maximum Gasteiger partial charge on any atom is 0.0955 e. The lowest BCUT2D eigenvalue weighted by atomic mass is 10.0. The summed E-state index contributed by atoms with van der Waals surface area (Å²) < 4.78 is 2.02. The summed E-state index contributed by atoms with van der Waals surface area (Å²) in [5.41, 5.74) is 6.57. The number of nitrogens with one attached hydrogen (secondary N) is 1. The van der Waals surface area contributed by atoms with Gasteiger partial charge in [-0.2, -0.15) is 0 Å². The number of hydrogen-bond acceptors (Lipinski definition) is 1. The number of nitrogens with zero attached hydrogens (tertiary/aromatic N) is 2. The van der Waals surface area contributed by atoms with Gasteiger partial charge in [0.05, 0.1) is 17.4 Å². The first-order valence-corrected chi connectivity index (χ1v) is 8.14. The highest BCUT2D eigenvalue weighted by Crippen LogP contribution is 2.34. The van der Waals surface area contributed by atoms with E-state index in [2.05, 4.69) is 54.1 Å². The SMILES string of the molecule is CC(C)c1cc2cc(Cl)c(-c3ccc4c(c3)ncn4C)cc2[nH]1. The standard InChI is InChI=1S/C19H18ClN3/c1-11(2)16-8-13-6-15(20)14(9-17(13)22-16)12-4-5-19-18(7-12)21-10-23(19)3/h4-11,22H,1-3H3. The fraction of sp³-hybridized carbons (Fsp3) is 0.211. The first kappa shape index (κ1) is 14.3. The number of hydrogen-bond donors (Lipinski definition) is 1. The summed E-state index contributed by atoms with van der Waals surface area (Å²) in [4.78, 5) is 7.93. The van der Waals surface area contributed by atoms with Crippen LogP contribution in [-0.4, -0.2) is 14.5 Å². The van der Waals surface area contributed by atoms with Crippen LogP contribution in [0.3, 0.4) is 0 Å². The molecule has 1 N–H and O–H groups in total. The second-order valence-electron chi connectivity index (χ2n) is 6.36. The molecule has 0 unspecified atom stereocenters. The zero-order chi connectivity index (χ0) is 16.1. The van der Waals surface area contributed by atoms with Crippen LogP contribution in [0, 0.1) is 0 Å². The van der Waals surface area contributed by atoms with Gasteiger partial charge >= 0.3 is 0 Å². The number of imidazole rings is 1. The van der Waals surface area contributed by atoms with Gasteiger partial charge in [-0.05, 0) is 41.8 Å². The predicted octanol–water partition coefficient (Wildman–Crippen LogP) is 5.50. The van der Waals surface area contributed by atoms with Crippen LogP contribution in [-0.2, 0) is 7.05 Å². The third kappa shape index (κ3) is 2.32. The average molecular weight is 324 g/mol. The fourth-order valence-electron chi connectivity index (χ4n) is 3.01. The van der Waals surface area contributed by atoms with E-state index in [9.17, 15) is 0 Å². The Hall–Kier alpha value is -2.26. The van der Waals surface area contributed by atoms with Crippen molar-refractivity contribution < 1.29 is 0 Å². The van der Waals surface area contributed by atoms with E-state index < -0.39 is 0 Å². The van der Waals surface area contributed by atoms with Gasteiger partial charge in [0.15, 0.2) is 0 Å². The molecule has 4 heteroatoms. The van der Waals surface area contributed by atoms with Crippen molar-refractivity contribution in [2.45, 2.75) is 19.8 Å². The van der Waals surface area contributed by atoms with E-state index >= 15 is 0 Å². The molecule has 4 aromatic rings. The molecule has 0 saturated carbocycles. The topological polar surface area (TPSA) is 33.6 Å². The Kier molecular flexibility index (Phi) is 3.20. The van der Waals surface area contributed by atoms with Gasteiger partial charge in [0.2, 0.25) is 0 Å². The first-order valence-electron chi connectivity index (χ1n) is 7.76. The third-order valence-electron chi connectivity index (χ3n) is 4.39. The molecular formula is C19H18ClN3. The molecule has 3 nitrogen and oxygen atoms in total. The maximum absolute atomic E-state index is 6.54. The van der Waals surface area contributed by atoms with Crippen LogP contribution < -0.4 is 0 Å². The number of aromatic amines is 1. The minimum atomic E-state index is 0.467. The van der Waals surface area contributed by atoms with Gasteiger partial charge < -0.3 is 9.55 Å². The van der Waals surface area contributed by atoms with Crippen LogP contribution in [0.15, 0.2) is 42.7 Å². The molecule has 0 radical (unpaired) electrons. The predicted molar refractivity (Wildman–Crippen MR) is 97.1 cm³/mol. The maximum atomic E-state index is 6.54. The molecule has 0 amide bonds. The van der Waals surface area contributed by atoms with Crippen molar-refractivity contribution in [1.29, 1.82) is 0 Å². The molecule has 2 aromatic heterocycles. The quantitative estimate of drug-likeness (QED) is 0.519. The zero-order valence-corrected chi connectivity index (χ0v) is 14.1. The second kappa shape index (κ2) is 5.14. The van der Waals surface area contributed by atoms with E-state index in [0.717, 1.165) is 38.1 Å². The van der Waals surface area contributed by atoms with Crippen molar-refractivity contribution >= 4 is 33.5 Å². The van der Waals surface area contributed by atoms with Crippen molar-refractivity contribution in [3.8, 4) is 11.1 Å². The molecule has 2 aromatic carbocycles. The Bertz CT molecular complexity index is 1020. The molecule has 0 fully saturated rings. The molecule has 0 spiro atoms. The van der Waals surface area contributed by atoms with Gasteiger partial charge in [0, 0.05) is 34.2 Å². The lowest BCUT2D eigenvalue weighted by molar-refractivity contribution is 0.836. The van der Waals surface area contributed by atoms with Crippen LogP contribution in [0.5, 0.6) is 0 Å². The van der Waals surface area contributed by atoms with Gasteiger partial charge in [-0.15, -0.1) is 0 Å². The molecule has 0 saturated heterocycles. The van der Waals surface area contributed by atoms with Gasteiger partial charge in [0.1, 0.15) is 0 Å². The Morgan fingerprint density at radius 3 is 2.74 bits per heavy atom. The Morgan fingerprint density at radius 1 is 1.13 bits per heavy atom. The number of rotatable bonds is 2. The molecular weight excluding hydrogens is 306 g/mol. The summed E-state index contributed by atoms with van der Waals surface area (Å²) in [6.45, 7) is 4.37. The van der Waals surface area contributed by atoms with Crippen molar-refractivity contribution in [3.63, 3.8) is 0 Å². The van der Waals surface area contributed by atoms with Crippen LogP contribution in [0.4, 0.5) is 0 Å². The average Bonchev–Trinajstić information content (AvgIpc) is 3.10. The number of aryl methyl sites for hydroxylation is 1. The van der Waals surface area contributed by atoms with Crippen LogP contribution in [0.2, 0.25) is 5.02 Å². The third-order valence-corrected chi connectivity index (χ3v) is 4.70. The minimum Gasteiger partial charge on any atom is -0.358 e. The van der Waals surface area contributed by atoms with Crippen molar-refractivity contribution in [1.82, 2.24) is 14.5 Å². The summed E-state index contributed by atoms with van der Waals surface area (Å²) >= 11 is 6.54. The summed E-state index contributed by atoms with van der Waals surface area (Å²) in [7, 11) is 2.00. The highest BCUT2D eigenvalue weighted by atomic mass is 35.5. The number of halogens is 1. The largest absolute Gasteiger partial charge is 0.358 e. The molecule has 0 aliphatic heterocycles. The van der Waals surface area contributed by atoms with Gasteiger partial charge in [0.25, 0.3) is 0 Å². The molecule has 0 atom stereocenters. The molecule has 0 aliphatic rings. The molecule has 4 rings (SSSR count). The Balaban J connectivity index is 1.90. The van der Waals surface area contributed by atoms with E-state index in [1.54, 1.807) is 0 Å². The highest BCUT2D eigenvalue weighted by molar-refractivity contribution is 6.34. The van der Waals surface area contributed by atoms with Gasteiger partial charge in [-0.3, -0.25) is 0 Å². The summed E-state index contributed by atoms with van der Waals surface area (Å²) in [6.07, 6.45) is 1.83. The van der Waals surface area contributed by atoms with Crippen molar-refractivity contribution in [2.75, 3.05) is 0 Å². The van der Waals surface area contributed by atoms with E-state index in [4.69, 9.17) is 11.6 Å². The lowest BCUT2D eigenvalue weighted by Crippen LogP contribution is -1.85. The minimum absolute atomic E-state index is 0.467.